The molecule has 0 aromatic carbocycles. The molecule has 1 amide bonds. The number of rotatable bonds is 4. The second kappa shape index (κ2) is 5.33. The lowest BCUT2D eigenvalue weighted by atomic mass is 10.3. The molecule has 0 radical (unpaired) electrons. The zero-order valence-corrected chi connectivity index (χ0v) is 10.1. The van der Waals surface area contributed by atoms with E-state index in [0.29, 0.717) is 19.7 Å². The number of hydrogen-bond acceptors (Lipinski definition) is 3. The molecule has 0 bridgehead atoms. The van der Waals surface area contributed by atoms with E-state index in [0.717, 1.165) is 18.7 Å². The van der Waals surface area contributed by atoms with E-state index in [1.807, 2.05) is 27.8 Å². The quantitative estimate of drug-likeness (QED) is 0.819. The zero-order chi connectivity index (χ0) is 12.3. The standard InChI is InChI=1S/C12H19N3O2/c1-17-8-7-14-5-2-3-11(14)12(16)15-6-4-10(13)9-15/h2-3,5,10H,4,6-9,13H2,1H3/t10-/m0/s1. The van der Waals surface area contributed by atoms with Crippen molar-refractivity contribution in [2.75, 3.05) is 26.8 Å². The number of carbonyl (C=O) groups is 1. The molecule has 94 valence electrons. The lowest BCUT2D eigenvalue weighted by Gasteiger charge is -2.17. The monoisotopic (exact) mass is 237 g/mol. The van der Waals surface area contributed by atoms with Crippen molar-refractivity contribution in [3.05, 3.63) is 24.0 Å². The van der Waals surface area contributed by atoms with E-state index in [4.69, 9.17) is 10.5 Å². The van der Waals surface area contributed by atoms with E-state index in [9.17, 15) is 4.79 Å². The Morgan fingerprint density at radius 3 is 3.12 bits per heavy atom. The Morgan fingerprint density at radius 2 is 2.47 bits per heavy atom. The Kier molecular flexibility index (Phi) is 3.81. The molecule has 1 saturated heterocycles. The normalized spacial score (nSPS) is 19.9. The van der Waals surface area contributed by atoms with Gasteiger partial charge in [0.15, 0.2) is 0 Å². The van der Waals surface area contributed by atoms with Gasteiger partial charge in [0.25, 0.3) is 5.91 Å². The molecule has 0 unspecified atom stereocenters. The summed E-state index contributed by atoms with van der Waals surface area (Å²) in [5, 5.41) is 0. The van der Waals surface area contributed by atoms with Crippen LogP contribution in [0, 0.1) is 0 Å². The predicted molar refractivity (Wildman–Crippen MR) is 64.8 cm³/mol. The van der Waals surface area contributed by atoms with Crippen molar-refractivity contribution in [3.63, 3.8) is 0 Å². The molecule has 0 aliphatic carbocycles. The maximum atomic E-state index is 12.2. The number of carbonyl (C=O) groups excluding carboxylic acids is 1. The summed E-state index contributed by atoms with van der Waals surface area (Å²) in [6.07, 6.45) is 2.80. The van der Waals surface area contributed by atoms with Gasteiger partial charge in [-0.25, -0.2) is 0 Å². The number of hydrogen-bond donors (Lipinski definition) is 1. The molecule has 1 aliphatic rings. The molecule has 1 aromatic rings. The number of amides is 1. The molecule has 1 atom stereocenters. The third kappa shape index (κ3) is 2.68. The zero-order valence-electron chi connectivity index (χ0n) is 10.1. The van der Waals surface area contributed by atoms with Gasteiger partial charge in [0.05, 0.1) is 6.61 Å². The molecule has 5 nitrogen and oxygen atoms in total. The number of likely N-dealkylation sites (tertiary alicyclic amines) is 1. The van der Waals surface area contributed by atoms with Gasteiger partial charge >= 0.3 is 0 Å². The smallest absolute Gasteiger partial charge is 0.270 e. The number of aromatic nitrogens is 1. The first-order valence-corrected chi connectivity index (χ1v) is 5.91. The van der Waals surface area contributed by atoms with E-state index >= 15 is 0 Å². The minimum Gasteiger partial charge on any atom is -0.383 e. The first kappa shape index (κ1) is 12.1. The lowest BCUT2D eigenvalue weighted by molar-refractivity contribution is 0.0777. The van der Waals surface area contributed by atoms with Crippen LogP contribution in [0.3, 0.4) is 0 Å². The van der Waals surface area contributed by atoms with Crippen molar-refractivity contribution in [2.45, 2.75) is 19.0 Å². The molecule has 0 spiro atoms. The average Bonchev–Trinajstić information content (AvgIpc) is 2.94. The molecule has 17 heavy (non-hydrogen) atoms. The van der Waals surface area contributed by atoms with Crippen molar-refractivity contribution < 1.29 is 9.53 Å². The Labute approximate surface area is 101 Å². The van der Waals surface area contributed by atoms with E-state index in [1.165, 1.54) is 0 Å². The van der Waals surface area contributed by atoms with Crippen molar-refractivity contribution in [1.82, 2.24) is 9.47 Å². The fourth-order valence-corrected chi connectivity index (χ4v) is 2.13. The van der Waals surface area contributed by atoms with Crippen LogP contribution < -0.4 is 5.73 Å². The summed E-state index contributed by atoms with van der Waals surface area (Å²) in [7, 11) is 1.66. The number of methoxy groups -OCH3 is 1. The van der Waals surface area contributed by atoms with Gasteiger partial charge in [-0.3, -0.25) is 4.79 Å². The maximum absolute atomic E-state index is 12.2. The van der Waals surface area contributed by atoms with Gasteiger partial charge in [-0.2, -0.15) is 0 Å². The molecule has 2 N–H and O–H groups in total. The van der Waals surface area contributed by atoms with Crippen LogP contribution in [0.2, 0.25) is 0 Å². The molecule has 2 heterocycles. The first-order chi connectivity index (χ1) is 8.22. The number of nitrogens with zero attached hydrogens (tertiary/aromatic N) is 2. The number of ether oxygens (including phenoxy) is 1. The van der Waals surface area contributed by atoms with Gasteiger partial charge in [-0.05, 0) is 18.6 Å². The second-order valence-corrected chi connectivity index (χ2v) is 4.38. The first-order valence-electron chi connectivity index (χ1n) is 5.91. The molecule has 2 rings (SSSR count). The van der Waals surface area contributed by atoms with Gasteiger partial charge in [0, 0.05) is 39.0 Å². The van der Waals surface area contributed by atoms with Crippen LogP contribution >= 0.6 is 0 Å². The van der Waals surface area contributed by atoms with E-state index < -0.39 is 0 Å². The van der Waals surface area contributed by atoms with Gasteiger partial charge in [0.2, 0.25) is 0 Å². The van der Waals surface area contributed by atoms with Gasteiger partial charge in [-0.1, -0.05) is 0 Å². The summed E-state index contributed by atoms with van der Waals surface area (Å²) < 4.78 is 6.95. The molecule has 0 saturated carbocycles. The summed E-state index contributed by atoms with van der Waals surface area (Å²) >= 11 is 0. The highest BCUT2D eigenvalue weighted by atomic mass is 16.5. The summed E-state index contributed by atoms with van der Waals surface area (Å²) in [5.41, 5.74) is 6.53. The minimum absolute atomic E-state index is 0.0686. The van der Waals surface area contributed by atoms with Crippen LogP contribution in [-0.2, 0) is 11.3 Å². The molecule has 1 aliphatic heterocycles. The minimum atomic E-state index is 0.0686. The molecule has 1 fully saturated rings. The summed E-state index contributed by atoms with van der Waals surface area (Å²) in [6, 6.07) is 3.86. The fraction of sp³-hybridized carbons (Fsp3) is 0.583. The Balaban J connectivity index is 2.06. The van der Waals surface area contributed by atoms with Crippen LogP contribution in [0.5, 0.6) is 0 Å². The summed E-state index contributed by atoms with van der Waals surface area (Å²) in [5.74, 6) is 0.0686. The summed E-state index contributed by atoms with van der Waals surface area (Å²) in [6.45, 7) is 2.72. The average molecular weight is 237 g/mol. The van der Waals surface area contributed by atoms with Gasteiger partial charge < -0.3 is 19.9 Å². The Hall–Kier alpha value is -1.33. The van der Waals surface area contributed by atoms with Crippen LogP contribution in [-0.4, -0.2) is 48.2 Å². The highest BCUT2D eigenvalue weighted by Gasteiger charge is 2.25. The second-order valence-electron chi connectivity index (χ2n) is 4.38. The maximum Gasteiger partial charge on any atom is 0.270 e. The highest BCUT2D eigenvalue weighted by molar-refractivity contribution is 5.93. The van der Waals surface area contributed by atoms with Crippen molar-refractivity contribution in [2.24, 2.45) is 5.73 Å². The highest BCUT2D eigenvalue weighted by Crippen LogP contribution is 2.13. The van der Waals surface area contributed by atoms with E-state index in [-0.39, 0.29) is 11.9 Å². The lowest BCUT2D eigenvalue weighted by Crippen LogP contribution is -2.33. The van der Waals surface area contributed by atoms with E-state index in [2.05, 4.69) is 0 Å². The Morgan fingerprint density at radius 1 is 1.65 bits per heavy atom. The van der Waals surface area contributed by atoms with Crippen LogP contribution in [0.25, 0.3) is 0 Å². The molecular formula is C12H19N3O2. The fourth-order valence-electron chi connectivity index (χ4n) is 2.13. The molecular weight excluding hydrogens is 218 g/mol. The third-order valence-corrected chi connectivity index (χ3v) is 3.10. The Bertz CT molecular complexity index is 389. The third-order valence-electron chi connectivity index (χ3n) is 3.10. The van der Waals surface area contributed by atoms with Gasteiger partial charge in [0.1, 0.15) is 5.69 Å². The molecule has 5 heteroatoms. The van der Waals surface area contributed by atoms with E-state index in [1.54, 1.807) is 7.11 Å². The molecule has 1 aromatic heterocycles. The van der Waals surface area contributed by atoms with Crippen LogP contribution in [0.15, 0.2) is 18.3 Å². The SMILES string of the molecule is COCCn1cccc1C(=O)N1CC[C@H](N)C1. The van der Waals surface area contributed by atoms with Crippen molar-refractivity contribution in [3.8, 4) is 0 Å². The van der Waals surface area contributed by atoms with Crippen LogP contribution in [0.1, 0.15) is 16.9 Å². The van der Waals surface area contributed by atoms with Crippen LogP contribution in [0.4, 0.5) is 0 Å². The largest absolute Gasteiger partial charge is 0.383 e. The predicted octanol–water partition coefficient (Wildman–Crippen LogP) is 0.308. The topological polar surface area (TPSA) is 60.5 Å². The van der Waals surface area contributed by atoms with Gasteiger partial charge in [-0.15, -0.1) is 0 Å². The van der Waals surface area contributed by atoms with Crippen molar-refractivity contribution in [1.29, 1.82) is 0 Å². The van der Waals surface area contributed by atoms with Crippen molar-refractivity contribution >= 4 is 5.91 Å². The number of nitrogens with two attached hydrogens (primary N) is 1. The summed E-state index contributed by atoms with van der Waals surface area (Å²) in [4.78, 5) is 14.1.